The third-order valence-corrected chi connectivity index (χ3v) is 3.73. The first-order chi connectivity index (χ1) is 11.8. The molecule has 2 rings (SSSR count). The Morgan fingerprint density at radius 1 is 1.16 bits per heavy atom. The van der Waals surface area contributed by atoms with E-state index in [0.29, 0.717) is 5.75 Å². The van der Waals surface area contributed by atoms with Crippen LogP contribution in [0.1, 0.15) is 24.5 Å². The van der Waals surface area contributed by atoms with Crippen molar-refractivity contribution in [1.29, 1.82) is 0 Å². The zero-order valence-electron chi connectivity index (χ0n) is 13.5. The summed E-state index contributed by atoms with van der Waals surface area (Å²) < 4.78 is 43.5. The van der Waals surface area contributed by atoms with Crippen LogP contribution in [0.3, 0.4) is 0 Å². The van der Waals surface area contributed by atoms with Gasteiger partial charge >= 0.3 is 6.18 Å². The number of carbonyl (C=O) groups is 1. The average Bonchev–Trinajstić information content (AvgIpc) is 2.55. The molecule has 0 unspecified atom stereocenters. The van der Waals surface area contributed by atoms with E-state index in [1.807, 2.05) is 12.1 Å². The lowest BCUT2D eigenvalue weighted by Crippen LogP contribution is -2.20. The van der Waals surface area contributed by atoms with Gasteiger partial charge in [-0.25, -0.2) is 0 Å². The highest BCUT2D eigenvalue weighted by Crippen LogP contribution is 2.33. The minimum atomic E-state index is -4.51. The zero-order chi connectivity index (χ0) is 18.4. The molecule has 0 fully saturated rings. The largest absolute Gasteiger partial charge is 0.484 e. The van der Waals surface area contributed by atoms with Crippen LogP contribution in [0.4, 0.5) is 18.9 Å². The quantitative estimate of drug-likeness (QED) is 0.745. The Bertz CT molecular complexity index is 730. The highest BCUT2D eigenvalue weighted by Gasteiger charge is 2.31. The Hall–Kier alpha value is -2.21. The van der Waals surface area contributed by atoms with Crippen molar-refractivity contribution in [2.24, 2.45) is 0 Å². The van der Waals surface area contributed by atoms with E-state index in [1.165, 1.54) is 0 Å². The number of anilines is 1. The van der Waals surface area contributed by atoms with Gasteiger partial charge < -0.3 is 10.1 Å². The van der Waals surface area contributed by atoms with Crippen LogP contribution in [0.25, 0.3) is 0 Å². The maximum atomic E-state index is 12.7. The van der Waals surface area contributed by atoms with Crippen molar-refractivity contribution in [2.75, 3.05) is 11.9 Å². The average molecular weight is 372 g/mol. The highest BCUT2D eigenvalue weighted by molar-refractivity contribution is 6.33. The van der Waals surface area contributed by atoms with Gasteiger partial charge in [-0.3, -0.25) is 4.79 Å². The molecule has 1 amide bonds. The zero-order valence-corrected chi connectivity index (χ0v) is 14.2. The molecule has 2 aromatic rings. The van der Waals surface area contributed by atoms with Gasteiger partial charge in [0, 0.05) is 0 Å². The summed E-state index contributed by atoms with van der Waals surface area (Å²) in [6, 6.07) is 10.0. The van der Waals surface area contributed by atoms with Crippen LogP contribution in [-0.2, 0) is 17.4 Å². The van der Waals surface area contributed by atoms with Gasteiger partial charge in [-0.05, 0) is 42.3 Å². The molecule has 0 aromatic heterocycles. The van der Waals surface area contributed by atoms with E-state index in [4.69, 9.17) is 16.3 Å². The molecule has 2 aromatic carbocycles. The number of aryl methyl sites for hydroxylation is 1. The molecule has 3 nitrogen and oxygen atoms in total. The predicted octanol–water partition coefficient (Wildman–Crippen LogP) is 5.33. The van der Waals surface area contributed by atoms with Crippen LogP contribution in [-0.4, -0.2) is 12.5 Å². The fraction of sp³-hybridized carbons (Fsp3) is 0.278. The standard InChI is InChI=1S/C18H17ClF3NO2/c1-2-3-12-4-7-14(8-5-12)25-11-17(24)23-16-10-13(18(20,21)22)6-9-15(16)19/h4-10H,2-3,11H2,1H3,(H,23,24). The number of carbonyl (C=O) groups excluding carboxylic acids is 1. The second-order valence-electron chi connectivity index (χ2n) is 5.42. The maximum absolute atomic E-state index is 12.7. The third-order valence-electron chi connectivity index (χ3n) is 3.40. The summed E-state index contributed by atoms with van der Waals surface area (Å²) in [5.74, 6) is -0.0935. The van der Waals surface area contributed by atoms with Gasteiger partial charge in [0.05, 0.1) is 16.3 Å². The van der Waals surface area contributed by atoms with Gasteiger partial charge in [0.25, 0.3) is 5.91 Å². The monoisotopic (exact) mass is 371 g/mol. The first-order valence-corrected chi connectivity index (χ1v) is 8.05. The fourth-order valence-electron chi connectivity index (χ4n) is 2.17. The van der Waals surface area contributed by atoms with E-state index >= 15 is 0 Å². The van der Waals surface area contributed by atoms with E-state index in [0.717, 1.165) is 36.6 Å². The summed E-state index contributed by atoms with van der Waals surface area (Å²) >= 11 is 5.83. The van der Waals surface area contributed by atoms with E-state index in [1.54, 1.807) is 12.1 Å². The Balaban J connectivity index is 1.96. The molecular weight excluding hydrogens is 355 g/mol. The number of hydrogen-bond acceptors (Lipinski definition) is 2. The van der Waals surface area contributed by atoms with Crippen LogP contribution in [0, 0.1) is 0 Å². The lowest BCUT2D eigenvalue weighted by Gasteiger charge is -2.12. The molecule has 7 heteroatoms. The molecule has 0 spiro atoms. The number of hydrogen-bond donors (Lipinski definition) is 1. The van der Waals surface area contributed by atoms with E-state index < -0.39 is 17.6 Å². The van der Waals surface area contributed by atoms with Crippen molar-refractivity contribution in [3.05, 3.63) is 58.6 Å². The van der Waals surface area contributed by atoms with Crippen LogP contribution in [0.2, 0.25) is 5.02 Å². The summed E-state index contributed by atoms with van der Waals surface area (Å²) in [6.07, 6.45) is -2.53. The topological polar surface area (TPSA) is 38.3 Å². The summed E-state index contributed by atoms with van der Waals surface area (Å²) in [6.45, 7) is 1.74. The Morgan fingerprint density at radius 3 is 2.44 bits per heavy atom. The summed E-state index contributed by atoms with van der Waals surface area (Å²) in [4.78, 5) is 11.9. The number of rotatable bonds is 6. The number of ether oxygens (including phenoxy) is 1. The van der Waals surface area contributed by atoms with Crippen molar-refractivity contribution in [3.8, 4) is 5.75 Å². The fourth-order valence-corrected chi connectivity index (χ4v) is 2.34. The molecule has 134 valence electrons. The first kappa shape index (κ1) is 19.1. The second kappa shape index (κ2) is 8.25. The smallest absolute Gasteiger partial charge is 0.416 e. The minimum absolute atomic E-state index is 0.0188. The second-order valence-corrected chi connectivity index (χ2v) is 5.83. The number of amides is 1. The van der Waals surface area contributed by atoms with Crippen LogP contribution in [0.5, 0.6) is 5.75 Å². The molecule has 25 heavy (non-hydrogen) atoms. The molecule has 0 aliphatic carbocycles. The van der Waals surface area contributed by atoms with Gasteiger partial charge in [0.15, 0.2) is 6.61 Å². The Kier molecular flexibility index (Phi) is 6.31. The van der Waals surface area contributed by atoms with Gasteiger partial charge in [0.2, 0.25) is 0 Å². The lowest BCUT2D eigenvalue weighted by atomic mass is 10.1. The van der Waals surface area contributed by atoms with Gasteiger partial charge in [0.1, 0.15) is 5.75 Å². The lowest BCUT2D eigenvalue weighted by molar-refractivity contribution is -0.137. The predicted molar refractivity (Wildman–Crippen MR) is 91.0 cm³/mol. The van der Waals surface area contributed by atoms with Crippen molar-refractivity contribution in [2.45, 2.75) is 25.9 Å². The molecular formula is C18H17ClF3NO2. The van der Waals surface area contributed by atoms with E-state index in [9.17, 15) is 18.0 Å². The Morgan fingerprint density at radius 2 is 1.84 bits per heavy atom. The number of nitrogens with one attached hydrogen (secondary N) is 1. The summed E-state index contributed by atoms with van der Waals surface area (Å²) in [7, 11) is 0. The van der Waals surface area contributed by atoms with Crippen molar-refractivity contribution < 1.29 is 22.7 Å². The van der Waals surface area contributed by atoms with Crippen molar-refractivity contribution in [1.82, 2.24) is 0 Å². The molecule has 0 saturated heterocycles. The van der Waals surface area contributed by atoms with E-state index in [2.05, 4.69) is 12.2 Å². The molecule has 0 saturated carbocycles. The SMILES string of the molecule is CCCc1ccc(OCC(=O)Nc2cc(C(F)(F)F)ccc2Cl)cc1. The summed E-state index contributed by atoms with van der Waals surface area (Å²) in [5, 5.41) is 2.35. The number of benzene rings is 2. The third kappa shape index (κ3) is 5.67. The summed E-state index contributed by atoms with van der Waals surface area (Å²) in [5.41, 5.74) is 0.165. The number of halogens is 4. The van der Waals surface area contributed by atoms with Crippen LogP contribution < -0.4 is 10.1 Å². The molecule has 1 N–H and O–H groups in total. The van der Waals surface area contributed by atoms with Crippen molar-refractivity contribution in [3.63, 3.8) is 0 Å². The molecule has 0 aliphatic heterocycles. The molecule has 0 radical (unpaired) electrons. The molecule has 0 atom stereocenters. The van der Waals surface area contributed by atoms with Crippen LogP contribution in [0.15, 0.2) is 42.5 Å². The van der Waals surface area contributed by atoms with Gasteiger partial charge in [-0.1, -0.05) is 37.1 Å². The highest BCUT2D eigenvalue weighted by atomic mass is 35.5. The molecule has 0 aliphatic rings. The number of alkyl halides is 3. The van der Waals surface area contributed by atoms with Gasteiger partial charge in [-0.15, -0.1) is 0 Å². The normalized spacial score (nSPS) is 11.2. The van der Waals surface area contributed by atoms with E-state index in [-0.39, 0.29) is 17.3 Å². The molecule has 0 heterocycles. The maximum Gasteiger partial charge on any atom is 0.416 e. The Labute approximate surface area is 148 Å². The van der Waals surface area contributed by atoms with Crippen LogP contribution >= 0.6 is 11.6 Å². The first-order valence-electron chi connectivity index (χ1n) is 7.68. The molecule has 0 bridgehead atoms. The van der Waals surface area contributed by atoms with Crippen molar-refractivity contribution >= 4 is 23.2 Å². The van der Waals surface area contributed by atoms with Gasteiger partial charge in [-0.2, -0.15) is 13.2 Å². The minimum Gasteiger partial charge on any atom is -0.484 e.